The number of nitrogens with one attached hydrogen (secondary N) is 1. The van der Waals surface area contributed by atoms with Gasteiger partial charge in [0.2, 0.25) is 0 Å². The third-order valence-electron chi connectivity index (χ3n) is 4.79. The lowest BCUT2D eigenvalue weighted by Gasteiger charge is -2.07. The van der Waals surface area contributed by atoms with Crippen molar-refractivity contribution in [3.05, 3.63) is 77.4 Å². The van der Waals surface area contributed by atoms with Crippen LogP contribution >= 0.6 is 0 Å². The number of rotatable bonds is 7. The summed E-state index contributed by atoms with van der Waals surface area (Å²) < 4.78 is 15.5. The summed E-state index contributed by atoms with van der Waals surface area (Å²) in [4.78, 5) is 12.3. The SMILES string of the molecule is CC(C)c1cc(C(=O)NCCCc2ccc(-c3ccccc3F)cc2)n(C)n1. The van der Waals surface area contributed by atoms with Crippen LogP contribution in [0.25, 0.3) is 11.1 Å². The van der Waals surface area contributed by atoms with E-state index >= 15 is 0 Å². The highest BCUT2D eigenvalue weighted by Crippen LogP contribution is 2.23. The summed E-state index contributed by atoms with van der Waals surface area (Å²) in [5.74, 6) is -0.0226. The van der Waals surface area contributed by atoms with Gasteiger partial charge in [-0.15, -0.1) is 0 Å². The number of halogens is 1. The number of carbonyl (C=O) groups excluding carboxylic acids is 1. The first-order valence-electron chi connectivity index (χ1n) is 9.61. The fourth-order valence-electron chi connectivity index (χ4n) is 3.12. The van der Waals surface area contributed by atoms with Crippen molar-refractivity contribution in [1.82, 2.24) is 15.1 Å². The van der Waals surface area contributed by atoms with Crippen molar-refractivity contribution in [2.24, 2.45) is 7.05 Å². The largest absolute Gasteiger partial charge is 0.351 e. The zero-order valence-electron chi connectivity index (χ0n) is 16.6. The van der Waals surface area contributed by atoms with Gasteiger partial charge in [0.05, 0.1) is 5.69 Å². The fraction of sp³-hybridized carbons (Fsp3) is 0.304. The second-order valence-electron chi connectivity index (χ2n) is 7.27. The van der Waals surface area contributed by atoms with Crippen LogP contribution in [0.3, 0.4) is 0 Å². The predicted molar refractivity (Wildman–Crippen MR) is 110 cm³/mol. The first kappa shape index (κ1) is 19.8. The zero-order chi connectivity index (χ0) is 20.1. The van der Waals surface area contributed by atoms with Gasteiger partial charge in [0.1, 0.15) is 11.5 Å². The van der Waals surface area contributed by atoms with E-state index in [0.717, 1.165) is 29.7 Å². The van der Waals surface area contributed by atoms with Gasteiger partial charge in [-0.25, -0.2) is 4.39 Å². The molecule has 2 aromatic carbocycles. The third kappa shape index (κ3) is 4.66. The van der Waals surface area contributed by atoms with Crippen LogP contribution in [0.5, 0.6) is 0 Å². The molecular weight excluding hydrogens is 353 g/mol. The molecule has 146 valence electrons. The summed E-state index contributed by atoms with van der Waals surface area (Å²) >= 11 is 0. The Kier molecular flexibility index (Phi) is 6.24. The van der Waals surface area contributed by atoms with E-state index in [4.69, 9.17) is 0 Å². The van der Waals surface area contributed by atoms with Gasteiger partial charge in [-0.3, -0.25) is 9.48 Å². The number of aromatic nitrogens is 2. The van der Waals surface area contributed by atoms with Crippen LogP contribution in [0.15, 0.2) is 54.6 Å². The van der Waals surface area contributed by atoms with Crippen LogP contribution in [-0.2, 0) is 13.5 Å². The first-order valence-corrected chi connectivity index (χ1v) is 9.61. The van der Waals surface area contributed by atoms with Crippen molar-refractivity contribution in [2.75, 3.05) is 6.54 Å². The molecule has 0 spiro atoms. The number of aryl methyl sites for hydroxylation is 2. The first-order chi connectivity index (χ1) is 13.5. The molecule has 0 saturated carbocycles. The van der Waals surface area contributed by atoms with Crippen molar-refractivity contribution in [3.8, 4) is 11.1 Å². The zero-order valence-corrected chi connectivity index (χ0v) is 16.6. The molecule has 1 heterocycles. The van der Waals surface area contributed by atoms with Crippen LogP contribution in [0, 0.1) is 5.82 Å². The summed E-state index contributed by atoms with van der Waals surface area (Å²) in [5, 5.41) is 7.33. The summed E-state index contributed by atoms with van der Waals surface area (Å²) in [6.45, 7) is 4.71. The van der Waals surface area contributed by atoms with Gasteiger partial charge in [0, 0.05) is 19.2 Å². The molecular formula is C23H26FN3O. The monoisotopic (exact) mass is 379 g/mol. The van der Waals surface area contributed by atoms with Gasteiger partial charge in [-0.2, -0.15) is 5.10 Å². The van der Waals surface area contributed by atoms with Crippen molar-refractivity contribution >= 4 is 5.91 Å². The molecule has 1 N–H and O–H groups in total. The predicted octanol–water partition coefficient (Wildman–Crippen LogP) is 4.71. The molecule has 0 atom stereocenters. The van der Waals surface area contributed by atoms with Gasteiger partial charge >= 0.3 is 0 Å². The van der Waals surface area contributed by atoms with E-state index in [-0.39, 0.29) is 11.7 Å². The van der Waals surface area contributed by atoms with Crippen LogP contribution in [-0.4, -0.2) is 22.2 Å². The molecule has 3 aromatic rings. The molecule has 0 aliphatic heterocycles. The van der Waals surface area contributed by atoms with Gasteiger partial charge in [-0.05, 0) is 42.0 Å². The standard InChI is InChI=1S/C23H26FN3O/c1-16(2)21-15-22(27(3)26-21)23(28)25-14-6-7-17-10-12-18(13-11-17)19-8-4-5-9-20(19)24/h4-5,8-13,15-16H,6-7,14H2,1-3H3,(H,25,28). The Morgan fingerprint density at radius 1 is 1.14 bits per heavy atom. The highest BCUT2D eigenvalue weighted by molar-refractivity contribution is 5.92. The van der Waals surface area contributed by atoms with E-state index < -0.39 is 0 Å². The molecule has 0 fully saturated rings. The molecule has 0 bridgehead atoms. The number of hydrogen-bond donors (Lipinski definition) is 1. The van der Waals surface area contributed by atoms with E-state index in [1.54, 1.807) is 23.9 Å². The fourth-order valence-corrected chi connectivity index (χ4v) is 3.12. The maximum atomic E-state index is 13.9. The quantitative estimate of drug-likeness (QED) is 0.604. The lowest BCUT2D eigenvalue weighted by Crippen LogP contribution is -2.26. The number of nitrogens with zero attached hydrogens (tertiary/aromatic N) is 2. The molecule has 3 rings (SSSR count). The summed E-state index contributed by atoms with van der Waals surface area (Å²) in [7, 11) is 1.79. The Bertz CT molecular complexity index is 945. The molecule has 0 unspecified atom stereocenters. The van der Waals surface area contributed by atoms with Crippen LogP contribution < -0.4 is 5.32 Å². The summed E-state index contributed by atoms with van der Waals surface area (Å²) in [6.07, 6.45) is 1.68. The second-order valence-corrected chi connectivity index (χ2v) is 7.27. The Hall–Kier alpha value is -2.95. The molecule has 0 aliphatic carbocycles. The maximum absolute atomic E-state index is 13.9. The van der Waals surface area contributed by atoms with Gasteiger partial charge in [0.15, 0.2) is 0 Å². The number of carbonyl (C=O) groups is 1. The Morgan fingerprint density at radius 2 is 1.86 bits per heavy atom. The summed E-state index contributed by atoms with van der Waals surface area (Å²) in [6, 6.07) is 16.5. The highest BCUT2D eigenvalue weighted by Gasteiger charge is 2.14. The lowest BCUT2D eigenvalue weighted by molar-refractivity contribution is 0.0944. The number of benzene rings is 2. The summed E-state index contributed by atoms with van der Waals surface area (Å²) in [5.41, 5.74) is 4.14. The smallest absolute Gasteiger partial charge is 0.269 e. The molecule has 0 aliphatic rings. The second kappa shape index (κ2) is 8.83. The van der Waals surface area contributed by atoms with Crippen molar-refractivity contribution in [2.45, 2.75) is 32.6 Å². The molecule has 5 heteroatoms. The van der Waals surface area contributed by atoms with E-state index in [9.17, 15) is 9.18 Å². The van der Waals surface area contributed by atoms with E-state index in [0.29, 0.717) is 23.7 Å². The minimum atomic E-state index is -0.214. The lowest BCUT2D eigenvalue weighted by atomic mass is 10.0. The van der Waals surface area contributed by atoms with Crippen LogP contribution in [0.4, 0.5) is 4.39 Å². The normalized spacial score (nSPS) is 11.0. The van der Waals surface area contributed by atoms with Crippen molar-refractivity contribution in [1.29, 1.82) is 0 Å². The Morgan fingerprint density at radius 3 is 2.50 bits per heavy atom. The topological polar surface area (TPSA) is 46.9 Å². The Balaban J connectivity index is 1.50. The average molecular weight is 379 g/mol. The van der Waals surface area contributed by atoms with Gasteiger partial charge in [0.25, 0.3) is 5.91 Å². The number of hydrogen-bond acceptors (Lipinski definition) is 2. The van der Waals surface area contributed by atoms with Crippen molar-refractivity contribution < 1.29 is 9.18 Å². The van der Waals surface area contributed by atoms with E-state index in [2.05, 4.69) is 24.3 Å². The van der Waals surface area contributed by atoms with E-state index in [1.165, 1.54) is 6.07 Å². The van der Waals surface area contributed by atoms with Crippen LogP contribution in [0.1, 0.15) is 47.9 Å². The van der Waals surface area contributed by atoms with E-state index in [1.807, 2.05) is 36.4 Å². The van der Waals surface area contributed by atoms with Crippen LogP contribution in [0.2, 0.25) is 0 Å². The molecule has 4 nitrogen and oxygen atoms in total. The molecule has 28 heavy (non-hydrogen) atoms. The minimum absolute atomic E-state index is 0.100. The molecule has 0 radical (unpaired) electrons. The third-order valence-corrected chi connectivity index (χ3v) is 4.79. The average Bonchev–Trinajstić information content (AvgIpc) is 3.08. The molecule has 0 saturated heterocycles. The minimum Gasteiger partial charge on any atom is -0.351 e. The molecule has 1 aromatic heterocycles. The number of amides is 1. The van der Waals surface area contributed by atoms with Crippen molar-refractivity contribution in [3.63, 3.8) is 0 Å². The van der Waals surface area contributed by atoms with Gasteiger partial charge in [-0.1, -0.05) is 56.3 Å². The van der Waals surface area contributed by atoms with Gasteiger partial charge < -0.3 is 5.32 Å². The highest BCUT2D eigenvalue weighted by atomic mass is 19.1. The molecule has 1 amide bonds. The maximum Gasteiger partial charge on any atom is 0.269 e. The Labute approximate surface area is 165 Å².